The van der Waals surface area contributed by atoms with E-state index in [1.165, 1.54) is 18.2 Å². The van der Waals surface area contributed by atoms with Gasteiger partial charge in [0.05, 0.1) is 33.6 Å². The second kappa shape index (κ2) is 10.1. The molecule has 4 heterocycles. The molecule has 2 aromatic heterocycles. The summed E-state index contributed by atoms with van der Waals surface area (Å²) in [6, 6.07) is 8.81. The smallest absolute Gasteiger partial charge is 0.270 e. The summed E-state index contributed by atoms with van der Waals surface area (Å²) in [4.78, 5) is 30.3. The molecule has 0 saturated carbocycles. The Labute approximate surface area is 235 Å². The number of hydrogen-bond donors (Lipinski definition) is 2. The molecule has 2 aliphatic heterocycles. The number of nitrogens with zero attached hydrogens (tertiary/aromatic N) is 6. The number of nitrogens with one attached hydrogen (secondary N) is 2. The Hall–Kier alpha value is -4.63. The van der Waals surface area contributed by atoms with Gasteiger partial charge in [-0.3, -0.25) is 9.59 Å². The summed E-state index contributed by atoms with van der Waals surface area (Å²) >= 11 is 5.78. The molecule has 6 rings (SSSR count). The van der Waals surface area contributed by atoms with Gasteiger partial charge in [-0.1, -0.05) is 29.8 Å². The van der Waals surface area contributed by atoms with Crippen LogP contribution < -0.4 is 10.6 Å². The van der Waals surface area contributed by atoms with Crippen molar-refractivity contribution in [2.75, 3.05) is 12.3 Å². The molecule has 1 unspecified atom stereocenters. The summed E-state index contributed by atoms with van der Waals surface area (Å²) in [6.07, 6.45) is 0.836. The first kappa shape index (κ1) is 26.6. The molecule has 0 spiro atoms. The Kier molecular flexibility index (Phi) is 6.54. The molecule has 0 fully saturated rings. The minimum atomic E-state index is -3.76. The fourth-order valence-corrected chi connectivity index (χ4v) is 6.48. The Morgan fingerprint density at radius 2 is 1.90 bits per heavy atom. The maximum atomic E-state index is 14.5. The van der Waals surface area contributed by atoms with Crippen LogP contribution >= 0.6 is 11.6 Å². The van der Waals surface area contributed by atoms with Gasteiger partial charge in [-0.25, -0.2) is 26.7 Å². The molecule has 1 atom stereocenters. The van der Waals surface area contributed by atoms with Crippen LogP contribution in [-0.2, 0) is 16.4 Å². The number of sulfone groups is 1. The highest BCUT2D eigenvalue weighted by Crippen LogP contribution is 2.34. The fraction of sp³-hybridized carbons (Fsp3) is 0.160. The molecule has 2 aliphatic rings. The largest absolute Gasteiger partial charge is 0.347 e. The van der Waals surface area contributed by atoms with Gasteiger partial charge in [-0.15, -0.1) is 5.10 Å². The van der Waals surface area contributed by atoms with Crippen molar-refractivity contribution in [3.63, 3.8) is 0 Å². The topological polar surface area (TPSA) is 160 Å². The fourth-order valence-electron chi connectivity index (χ4n) is 4.52. The van der Waals surface area contributed by atoms with Crippen LogP contribution in [0.2, 0.25) is 5.02 Å². The van der Waals surface area contributed by atoms with E-state index in [2.05, 4.69) is 36.2 Å². The van der Waals surface area contributed by atoms with Crippen LogP contribution in [-0.4, -0.2) is 52.8 Å². The van der Waals surface area contributed by atoms with Crippen LogP contribution in [0.15, 0.2) is 69.0 Å². The molecule has 2 aromatic carbocycles. The summed E-state index contributed by atoms with van der Waals surface area (Å²) in [7, 11) is -3.76. The Morgan fingerprint density at radius 1 is 1.07 bits per heavy atom. The molecule has 2 N–H and O–H groups in total. The Balaban J connectivity index is 1.27. The van der Waals surface area contributed by atoms with Crippen molar-refractivity contribution in [3.8, 4) is 0 Å². The molecule has 4 aromatic rings. The summed E-state index contributed by atoms with van der Waals surface area (Å²) in [5, 5.41) is 20.1. The van der Waals surface area contributed by atoms with Crippen LogP contribution in [0, 0.1) is 11.6 Å². The van der Waals surface area contributed by atoms with E-state index in [9.17, 15) is 26.8 Å². The lowest BCUT2D eigenvalue weighted by Gasteiger charge is -2.14. The average Bonchev–Trinajstić information content (AvgIpc) is 3.67. The standard InChI is InChI=1S/C25H17ClF2N8O4S/c26-15-5-12(1-4-16(15)27)8-29-24(37)18-7-21(36-23(32-18)17(28)9-31-36)25(38)33-20-11-41(39,40)22-6-13(2-3-14(20)22)19-10-30-35-34-19/h1-7,9,20H,8,10-11H2,(H,29,37)(H,33,38). The van der Waals surface area contributed by atoms with E-state index in [1.54, 1.807) is 12.1 Å². The minimum absolute atomic E-state index is 0.0425. The zero-order chi connectivity index (χ0) is 28.9. The minimum Gasteiger partial charge on any atom is -0.347 e. The van der Waals surface area contributed by atoms with Crippen molar-refractivity contribution in [2.45, 2.75) is 17.5 Å². The second-order valence-corrected chi connectivity index (χ2v) is 11.6. The van der Waals surface area contributed by atoms with Gasteiger partial charge in [-0.2, -0.15) is 10.2 Å². The zero-order valence-corrected chi connectivity index (χ0v) is 22.2. The molecule has 208 valence electrons. The number of carbonyl (C=O) groups excluding carboxylic acids is 2. The number of hydrogen-bond acceptors (Lipinski definition) is 9. The lowest BCUT2D eigenvalue weighted by atomic mass is 10.0. The van der Waals surface area contributed by atoms with Gasteiger partial charge >= 0.3 is 0 Å². The molecule has 12 nitrogen and oxygen atoms in total. The molecular weight excluding hydrogens is 582 g/mol. The van der Waals surface area contributed by atoms with Crippen LogP contribution in [0.5, 0.6) is 0 Å². The number of rotatable bonds is 6. The maximum Gasteiger partial charge on any atom is 0.270 e. The first-order valence-electron chi connectivity index (χ1n) is 12.0. The highest BCUT2D eigenvalue weighted by molar-refractivity contribution is 7.91. The summed E-state index contributed by atoms with van der Waals surface area (Å²) in [5.74, 6) is -3.47. The van der Waals surface area contributed by atoms with Gasteiger partial charge in [0, 0.05) is 18.2 Å². The van der Waals surface area contributed by atoms with E-state index in [1.807, 2.05) is 0 Å². The Morgan fingerprint density at radius 3 is 2.66 bits per heavy atom. The molecule has 0 radical (unpaired) electrons. The van der Waals surface area contributed by atoms with Crippen LogP contribution in [0.1, 0.15) is 43.7 Å². The number of fused-ring (bicyclic) bond motifs is 2. The van der Waals surface area contributed by atoms with E-state index < -0.39 is 45.1 Å². The van der Waals surface area contributed by atoms with Crippen molar-refractivity contribution < 1.29 is 26.8 Å². The van der Waals surface area contributed by atoms with Crippen molar-refractivity contribution in [1.29, 1.82) is 0 Å². The predicted octanol–water partition coefficient (Wildman–Crippen LogP) is 3.02. The van der Waals surface area contributed by atoms with Gasteiger partial charge in [0.15, 0.2) is 21.3 Å². The Bertz CT molecular complexity index is 1940. The van der Waals surface area contributed by atoms with Gasteiger partial charge in [-0.05, 0) is 34.5 Å². The first-order chi connectivity index (χ1) is 19.6. The quantitative estimate of drug-likeness (QED) is 0.347. The van der Waals surface area contributed by atoms with E-state index in [4.69, 9.17) is 11.6 Å². The summed E-state index contributed by atoms with van der Waals surface area (Å²) < 4.78 is 54.7. The number of aromatic nitrogens is 3. The SMILES string of the molecule is O=C(NCc1ccc(F)c(Cl)c1)c1cc(C(=O)NC2CS(=O)(=O)c3cc(C4=NN=NC4)ccc32)n2ncc(F)c2n1. The highest BCUT2D eigenvalue weighted by atomic mass is 35.5. The van der Waals surface area contributed by atoms with E-state index in [0.717, 1.165) is 22.8 Å². The monoisotopic (exact) mass is 598 g/mol. The number of halogens is 3. The first-order valence-corrected chi connectivity index (χ1v) is 14.0. The predicted molar refractivity (Wildman–Crippen MR) is 140 cm³/mol. The zero-order valence-electron chi connectivity index (χ0n) is 20.7. The number of amides is 2. The average molecular weight is 599 g/mol. The van der Waals surface area contributed by atoms with Gasteiger partial charge in [0.2, 0.25) is 0 Å². The van der Waals surface area contributed by atoms with Gasteiger partial charge in [0.1, 0.15) is 23.7 Å². The molecule has 2 amide bonds. The van der Waals surface area contributed by atoms with Crippen molar-refractivity contribution >= 4 is 44.6 Å². The summed E-state index contributed by atoms with van der Waals surface area (Å²) in [6.45, 7) is 0.174. The third-order valence-corrected chi connectivity index (χ3v) is 8.61. The van der Waals surface area contributed by atoms with Gasteiger partial charge in [0.25, 0.3) is 11.8 Å². The third kappa shape index (κ3) is 4.93. The molecule has 0 saturated heterocycles. The normalized spacial score (nSPS) is 17.0. The molecule has 41 heavy (non-hydrogen) atoms. The molecule has 16 heteroatoms. The molecular formula is C25H17ClF2N8O4S. The van der Waals surface area contributed by atoms with Crippen molar-refractivity contribution in [1.82, 2.24) is 25.2 Å². The molecule has 0 bridgehead atoms. The van der Waals surface area contributed by atoms with Crippen molar-refractivity contribution in [2.24, 2.45) is 15.4 Å². The van der Waals surface area contributed by atoms with E-state index >= 15 is 0 Å². The van der Waals surface area contributed by atoms with Crippen LogP contribution in [0.25, 0.3) is 5.65 Å². The lowest BCUT2D eigenvalue weighted by molar-refractivity contribution is 0.0933. The lowest BCUT2D eigenvalue weighted by Crippen LogP contribution is -2.32. The van der Waals surface area contributed by atoms with Crippen LogP contribution in [0.4, 0.5) is 8.78 Å². The highest BCUT2D eigenvalue weighted by Gasteiger charge is 2.37. The van der Waals surface area contributed by atoms with E-state index in [-0.39, 0.29) is 40.0 Å². The van der Waals surface area contributed by atoms with Crippen LogP contribution in [0.3, 0.4) is 0 Å². The maximum absolute atomic E-state index is 14.5. The van der Waals surface area contributed by atoms with E-state index in [0.29, 0.717) is 22.4 Å². The van der Waals surface area contributed by atoms with Gasteiger partial charge < -0.3 is 10.6 Å². The number of benzene rings is 2. The van der Waals surface area contributed by atoms with Crippen molar-refractivity contribution in [3.05, 3.63) is 93.4 Å². The number of carbonyl (C=O) groups is 2. The third-order valence-electron chi connectivity index (χ3n) is 6.53. The molecule has 0 aliphatic carbocycles. The summed E-state index contributed by atoms with van der Waals surface area (Å²) in [5.41, 5.74) is 0.988. The second-order valence-electron chi connectivity index (χ2n) is 9.18.